The van der Waals surface area contributed by atoms with Crippen LogP contribution in [0.25, 0.3) is 0 Å². The highest BCUT2D eigenvalue weighted by Gasteiger charge is 1.94. The number of H-pyrrole nitrogens is 1. The molecular weight excluding hydrogens is 224 g/mol. The average Bonchev–Trinajstić information content (AvgIpc) is 2.26. The summed E-state index contributed by atoms with van der Waals surface area (Å²) in [5.74, 6) is 0. The lowest BCUT2D eigenvalue weighted by Gasteiger charge is -2.06. The van der Waals surface area contributed by atoms with E-state index in [0.717, 1.165) is 39.0 Å². The van der Waals surface area contributed by atoms with Gasteiger partial charge in [-0.2, -0.15) is 0 Å². The molecule has 16 heavy (non-hydrogen) atoms. The normalized spacial score (nSPS) is 10.6. The van der Waals surface area contributed by atoms with E-state index in [2.05, 4.69) is 11.9 Å². The van der Waals surface area contributed by atoms with Gasteiger partial charge in [-0.15, -0.1) is 0 Å². The number of nitrogens with one attached hydrogen (secondary N) is 1. The minimum Gasteiger partial charge on any atom is -0.381 e. The first kappa shape index (κ1) is 13.1. The van der Waals surface area contributed by atoms with E-state index in [4.69, 9.17) is 17.0 Å². The van der Waals surface area contributed by atoms with Gasteiger partial charge in [-0.05, 0) is 25.1 Å². The molecular formula is C11H18N2O2S. The zero-order chi connectivity index (χ0) is 11.8. The Morgan fingerprint density at radius 2 is 2.19 bits per heavy atom. The van der Waals surface area contributed by atoms with E-state index in [1.807, 2.05) is 4.57 Å². The number of hydrogen-bond donors (Lipinski definition) is 1. The van der Waals surface area contributed by atoms with Crippen LogP contribution in [0.2, 0.25) is 0 Å². The Balaban J connectivity index is 2.27. The first-order valence-corrected chi connectivity index (χ1v) is 6.02. The second-order valence-electron chi connectivity index (χ2n) is 3.62. The molecule has 0 saturated heterocycles. The number of unbranched alkanes of at least 4 members (excludes halogenated alkanes) is 1. The largest absolute Gasteiger partial charge is 0.381 e. The van der Waals surface area contributed by atoms with E-state index in [1.54, 1.807) is 6.20 Å². The molecule has 0 amide bonds. The third kappa shape index (κ3) is 4.72. The summed E-state index contributed by atoms with van der Waals surface area (Å²) in [6, 6.07) is 1.48. The van der Waals surface area contributed by atoms with Crippen LogP contribution >= 0.6 is 12.2 Å². The average molecular weight is 242 g/mol. The summed E-state index contributed by atoms with van der Waals surface area (Å²) in [5.41, 5.74) is -0.152. The van der Waals surface area contributed by atoms with Gasteiger partial charge < -0.3 is 9.30 Å². The second kappa shape index (κ2) is 7.35. The van der Waals surface area contributed by atoms with Crippen LogP contribution in [0.3, 0.4) is 0 Å². The fourth-order valence-electron chi connectivity index (χ4n) is 1.31. The molecule has 1 heterocycles. The maximum atomic E-state index is 10.9. The Kier molecular flexibility index (Phi) is 6.03. The molecule has 0 spiro atoms. The summed E-state index contributed by atoms with van der Waals surface area (Å²) in [6.45, 7) is 4.49. The summed E-state index contributed by atoms with van der Waals surface area (Å²) >= 11 is 5.03. The molecule has 0 aliphatic carbocycles. The van der Waals surface area contributed by atoms with Gasteiger partial charge in [0.15, 0.2) is 4.77 Å². The van der Waals surface area contributed by atoms with Crippen molar-refractivity contribution in [3.8, 4) is 0 Å². The highest BCUT2D eigenvalue weighted by atomic mass is 32.1. The van der Waals surface area contributed by atoms with E-state index >= 15 is 0 Å². The highest BCUT2D eigenvalue weighted by molar-refractivity contribution is 7.71. The number of aromatic amines is 1. The fourth-order valence-corrected chi connectivity index (χ4v) is 1.56. The number of hydrogen-bond acceptors (Lipinski definition) is 3. The lowest BCUT2D eigenvalue weighted by Crippen LogP contribution is -2.12. The second-order valence-corrected chi connectivity index (χ2v) is 4.01. The molecule has 4 nitrogen and oxygen atoms in total. The Labute approximate surface area is 100 Å². The lowest BCUT2D eigenvalue weighted by atomic mass is 10.3. The van der Waals surface area contributed by atoms with Crippen molar-refractivity contribution in [3.05, 3.63) is 27.4 Å². The highest BCUT2D eigenvalue weighted by Crippen LogP contribution is 1.94. The molecule has 0 bridgehead atoms. The number of rotatable bonds is 7. The van der Waals surface area contributed by atoms with Crippen molar-refractivity contribution in [2.24, 2.45) is 0 Å². The van der Waals surface area contributed by atoms with Gasteiger partial charge in [-0.1, -0.05) is 13.3 Å². The van der Waals surface area contributed by atoms with Crippen molar-refractivity contribution in [1.82, 2.24) is 9.55 Å². The summed E-state index contributed by atoms with van der Waals surface area (Å²) in [7, 11) is 0. The summed E-state index contributed by atoms with van der Waals surface area (Å²) < 4.78 is 7.76. The molecule has 0 atom stereocenters. The minimum absolute atomic E-state index is 0.152. The summed E-state index contributed by atoms with van der Waals surface area (Å²) in [6.07, 6.45) is 4.89. The topological polar surface area (TPSA) is 47.0 Å². The molecule has 0 saturated carbocycles. The first-order valence-electron chi connectivity index (χ1n) is 5.61. The van der Waals surface area contributed by atoms with E-state index in [0.29, 0.717) is 4.77 Å². The van der Waals surface area contributed by atoms with Crippen LogP contribution in [-0.2, 0) is 11.3 Å². The van der Waals surface area contributed by atoms with Crippen molar-refractivity contribution in [2.75, 3.05) is 13.2 Å². The molecule has 0 aromatic carbocycles. The predicted molar refractivity (Wildman–Crippen MR) is 66.2 cm³/mol. The van der Waals surface area contributed by atoms with Crippen LogP contribution in [0.4, 0.5) is 0 Å². The molecule has 0 unspecified atom stereocenters. The third-order valence-corrected chi connectivity index (χ3v) is 2.56. The van der Waals surface area contributed by atoms with Crippen LogP contribution < -0.4 is 5.56 Å². The molecule has 90 valence electrons. The zero-order valence-corrected chi connectivity index (χ0v) is 10.4. The number of aromatic nitrogens is 2. The third-order valence-electron chi connectivity index (χ3n) is 2.23. The smallest absolute Gasteiger partial charge is 0.251 e. The molecule has 5 heteroatoms. The van der Waals surface area contributed by atoms with Crippen molar-refractivity contribution >= 4 is 12.2 Å². The molecule has 1 rings (SSSR count). The van der Waals surface area contributed by atoms with Gasteiger partial charge in [-0.3, -0.25) is 9.78 Å². The zero-order valence-electron chi connectivity index (χ0n) is 9.57. The molecule has 0 fully saturated rings. The fraction of sp³-hybridized carbons (Fsp3) is 0.636. The Bertz CT molecular complexity index is 411. The van der Waals surface area contributed by atoms with E-state index in [9.17, 15) is 4.79 Å². The number of nitrogens with zero attached hydrogens (tertiary/aromatic N) is 1. The van der Waals surface area contributed by atoms with Gasteiger partial charge in [-0.25, -0.2) is 0 Å². The molecule has 0 radical (unpaired) electrons. The van der Waals surface area contributed by atoms with E-state index < -0.39 is 0 Å². The quantitative estimate of drug-likeness (QED) is 0.588. The van der Waals surface area contributed by atoms with Crippen molar-refractivity contribution in [1.29, 1.82) is 0 Å². The predicted octanol–water partition coefficient (Wildman–Crippen LogP) is 2.11. The molecule has 0 aliphatic rings. The van der Waals surface area contributed by atoms with E-state index in [1.165, 1.54) is 6.07 Å². The van der Waals surface area contributed by atoms with Gasteiger partial charge in [0.1, 0.15) is 0 Å². The molecule has 1 aromatic heterocycles. The molecule has 0 aliphatic heterocycles. The maximum Gasteiger partial charge on any atom is 0.251 e. The molecule has 1 aromatic rings. The monoisotopic (exact) mass is 242 g/mol. The van der Waals surface area contributed by atoms with Crippen LogP contribution in [0.5, 0.6) is 0 Å². The van der Waals surface area contributed by atoms with Gasteiger partial charge >= 0.3 is 0 Å². The van der Waals surface area contributed by atoms with Gasteiger partial charge in [0, 0.05) is 32.0 Å². The standard InChI is InChI=1S/C11H18N2O2S/c1-2-3-8-15-9-4-6-13-7-5-10(14)12-11(13)16/h5,7H,2-4,6,8-9H2,1H3,(H,12,14,16). The van der Waals surface area contributed by atoms with Crippen molar-refractivity contribution in [3.63, 3.8) is 0 Å². The molecule has 1 N–H and O–H groups in total. The Hall–Kier alpha value is -0.940. The van der Waals surface area contributed by atoms with Crippen LogP contribution in [-0.4, -0.2) is 22.8 Å². The van der Waals surface area contributed by atoms with Gasteiger partial charge in [0.25, 0.3) is 5.56 Å². The van der Waals surface area contributed by atoms with Crippen LogP contribution in [0, 0.1) is 4.77 Å². The summed E-state index contributed by atoms with van der Waals surface area (Å²) in [5, 5.41) is 0. The lowest BCUT2D eigenvalue weighted by molar-refractivity contribution is 0.126. The SMILES string of the molecule is CCCCOCCCn1ccc(=O)[nH]c1=S. The van der Waals surface area contributed by atoms with Gasteiger partial charge in [0.05, 0.1) is 0 Å². The van der Waals surface area contributed by atoms with Crippen molar-refractivity contribution < 1.29 is 4.74 Å². The van der Waals surface area contributed by atoms with E-state index in [-0.39, 0.29) is 5.56 Å². The Morgan fingerprint density at radius 3 is 2.88 bits per heavy atom. The van der Waals surface area contributed by atoms with Crippen LogP contribution in [0.15, 0.2) is 17.1 Å². The van der Waals surface area contributed by atoms with Gasteiger partial charge in [0.2, 0.25) is 0 Å². The Morgan fingerprint density at radius 1 is 1.44 bits per heavy atom. The first-order chi connectivity index (χ1) is 7.74. The maximum absolute atomic E-state index is 10.9. The van der Waals surface area contributed by atoms with Crippen LogP contribution in [0.1, 0.15) is 26.2 Å². The number of ether oxygens (including phenoxy) is 1. The van der Waals surface area contributed by atoms with Crippen molar-refractivity contribution in [2.45, 2.75) is 32.7 Å². The summed E-state index contributed by atoms with van der Waals surface area (Å²) in [4.78, 5) is 13.5. The number of aryl methyl sites for hydroxylation is 1. The minimum atomic E-state index is -0.152.